The van der Waals surface area contributed by atoms with Gasteiger partial charge in [-0.1, -0.05) is 6.07 Å². The van der Waals surface area contributed by atoms with Gasteiger partial charge in [0.05, 0.1) is 12.1 Å². The van der Waals surface area contributed by atoms with Gasteiger partial charge in [-0.15, -0.1) is 0 Å². The standard InChI is InChI=1S/C13H14N4/c14-12-3-2-11-4-7-16(13(11)10-12)8-9-17-6-1-5-15-17/h1-7,10H,8-9,14H2. The van der Waals surface area contributed by atoms with Gasteiger partial charge in [0, 0.05) is 30.8 Å². The quantitative estimate of drug-likeness (QED) is 0.695. The zero-order valence-corrected chi connectivity index (χ0v) is 9.45. The second-order valence-corrected chi connectivity index (χ2v) is 4.10. The molecule has 86 valence electrons. The average Bonchev–Trinajstić information content (AvgIpc) is 2.94. The van der Waals surface area contributed by atoms with Crippen molar-refractivity contribution in [3.63, 3.8) is 0 Å². The van der Waals surface area contributed by atoms with Gasteiger partial charge < -0.3 is 10.3 Å². The summed E-state index contributed by atoms with van der Waals surface area (Å²) in [5, 5.41) is 5.41. The molecule has 0 unspecified atom stereocenters. The maximum atomic E-state index is 5.81. The molecule has 0 aliphatic rings. The average molecular weight is 226 g/mol. The van der Waals surface area contributed by atoms with Gasteiger partial charge in [0.2, 0.25) is 0 Å². The van der Waals surface area contributed by atoms with Gasteiger partial charge in [-0.25, -0.2) is 0 Å². The van der Waals surface area contributed by atoms with Crippen molar-refractivity contribution in [1.29, 1.82) is 0 Å². The molecule has 3 rings (SSSR count). The number of anilines is 1. The molecule has 0 bridgehead atoms. The molecule has 2 N–H and O–H groups in total. The predicted molar refractivity (Wildman–Crippen MR) is 68.6 cm³/mol. The fourth-order valence-electron chi connectivity index (χ4n) is 2.04. The van der Waals surface area contributed by atoms with Gasteiger partial charge in [-0.05, 0) is 29.7 Å². The first-order valence-corrected chi connectivity index (χ1v) is 5.65. The first-order valence-electron chi connectivity index (χ1n) is 5.65. The summed E-state index contributed by atoms with van der Waals surface area (Å²) >= 11 is 0. The Morgan fingerprint density at radius 1 is 1.12 bits per heavy atom. The summed E-state index contributed by atoms with van der Waals surface area (Å²) in [5.74, 6) is 0. The normalized spacial score (nSPS) is 11.1. The van der Waals surface area contributed by atoms with Gasteiger partial charge in [-0.2, -0.15) is 5.10 Å². The SMILES string of the molecule is Nc1ccc2ccn(CCn3cccn3)c2c1. The van der Waals surface area contributed by atoms with E-state index in [9.17, 15) is 0 Å². The highest BCUT2D eigenvalue weighted by molar-refractivity contribution is 5.83. The van der Waals surface area contributed by atoms with Gasteiger partial charge in [0.1, 0.15) is 0 Å². The predicted octanol–water partition coefficient (Wildman–Crippen LogP) is 2.12. The number of aryl methyl sites for hydroxylation is 2. The molecule has 0 spiro atoms. The van der Waals surface area contributed by atoms with Gasteiger partial charge >= 0.3 is 0 Å². The van der Waals surface area contributed by atoms with Crippen LogP contribution in [0.1, 0.15) is 0 Å². The van der Waals surface area contributed by atoms with Crippen molar-refractivity contribution in [2.24, 2.45) is 0 Å². The maximum absolute atomic E-state index is 5.81. The molecular formula is C13H14N4. The lowest BCUT2D eigenvalue weighted by atomic mass is 10.2. The number of hydrogen-bond acceptors (Lipinski definition) is 2. The van der Waals surface area contributed by atoms with Gasteiger partial charge in [0.25, 0.3) is 0 Å². The second kappa shape index (κ2) is 3.97. The van der Waals surface area contributed by atoms with Crippen LogP contribution in [0.15, 0.2) is 48.9 Å². The van der Waals surface area contributed by atoms with E-state index in [0.29, 0.717) is 0 Å². The van der Waals surface area contributed by atoms with E-state index in [2.05, 4.69) is 28.0 Å². The Labute approximate surface area is 99.3 Å². The molecule has 4 heteroatoms. The van der Waals surface area contributed by atoms with Crippen LogP contribution in [0.5, 0.6) is 0 Å². The Morgan fingerprint density at radius 2 is 2.06 bits per heavy atom. The second-order valence-electron chi connectivity index (χ2n) is 4.10. The van der Waals surface area contributed by atoms with Crippen LogP contribution in [0.4, 0.5) is 5.69 Å². The summed E-state index contributed by atoms with van der Waals surface area (Å²) in [7, 11) is 0. The lowest BCUT2D eigenvalue weighted by molar-refractivity contribution is 0.543. The number of fused-ring (bicyclic) bond motifs is 1. The fraction of sp³-hybridized carbons (Fsp3) is 0.154. The molecule has 4 nitrogen and oxygen atoms in total. The van der Waals surface area contributed by atoms with E-state index < -0.39 is 0 Å². The highest BCUT2D eigenvalue weighted by Gasteiger charge is 2.01. The summed E-state index contributed by atoms with van der Waals surface area (Å²) in [6.07, 6.45) is 5.86. The zero-order chi connectivity index (χ0) is 11.7. The number of nitrogens with zero attached hydrogens (tertiary/aromatic N) is 3. The molecule has 3 aromatic rings. The van der Waals surface area contributed by atoms with Crippen LogP contribution in [-0.2, 0) is 13.1 Å². The lowest BCUT2D eigenvalue weighted by Gasteiger charge is -2.06. The smallest absolute Gasteiger partial charge is 0.0588 e. The van der Waals surface area contributed by atoms with E-state index in [1.54, 1.807) is 6.20 Å². The fourth-order valence-corrected chi connectivity index (χ4v) is 2.04. The summed E-state index contributed by atoms with van der Waals surface area (Å²) in [5.41, 5.74) is 7.79. The monoisotopic (exact) mass is 226 g/mol. The highest BCUT2D eigenvalue weighted by atomic mass is 15.3. The molecule has 1 aromatic carbocycles. The number of benzene rings is 1. The van der Waals surface area contributed by atoms with E-state index in [0.717, 1.165) is 18.8 Å². The van der Waals surface area contributed by atoms with Crippen molar-refractivity contribution in [2.75, 3.05) is 5.73 Å². The molecule has 2 heterocycles. The number of rotatable bonds is 3. The van der Waals surface area contributed by atoms with Crippen molar-refractivity contribution in [1.82, 2.24) is 14.3 Å². The molecule has 17 heavy (non-hydrogen) atoms. The van der Waals surface area contributed by atoms with Gasteiger partial charge in [-0.3, -0.25) is 4.68 Å². The first kappa shape index (κ1) is 9.96. The molecule has 0 fully saturated rings. The number of nitrogens with two attached hydrogens (primary N) is 1. The lowest BCUT2D eigenvalue weighted by Crippen LogP contribution is -2.06. The van der Waals surface area contributed by atoms with Crippen LogP contribution < -0.4 is 5.73 Å². The van der Waals surface area contributed by atoms with E-state index in [1.807, 2.05) is 29.1 Å². The van der Waals surface area contributed by atoms with Crippen molar-refractivity contribution in [3.8, 4) is 0 Å². The molecule has 0 amide bonds. The van der Waals surface area contributed by atoms with E-state index in [-0.39, 0.29) is 0 Å². The Balaban J connectivity index is 1.87. The third-order valence-electron chi connectivity index (χ3n) is 2.93. The molecule has 0 aliphatic heterocycles. The summed E-state index contributed by atoms with van der Waals surface area (Å²) < 4.78 is 4.13. The van der Waals surface area contributed by atoms with E-state index >= 15 is 0 Å². The van der Waals surface area contributed by atoms with Crippen LogP contribution in [0.3, 0.4) is 0 Å². The summed E-state index contributed by atoms with van der Waals surface area (Å²) in [6.45, 7) is 1.76. The molecule has 0 saturated heterocycles. The van der Waals surface area contributed by atoms with Crippen LogP contribution >= 0.6 is 0 Å². The molecule has 0 radical (unpaired) electrons. The topological polar surface area (TPSA) is 48.8 Å². The summed E-state index contributed by atoms with van der Waals surface area (Å²) in [4.78, 5) is 0. The third kappa shape index (κ3) is 1.89. The first-order chi connectivity index (χ1) is 8.33. The van der Waals surface area contributed by atoms with Crippen molar-refractivity contribution >= 4 is 16.6 Å². The highest BCUT2D eigenvalue weighted by Crippen LogP contribution is 2.18. The van der Waals surface area contributed by atoms with Crippen molar-refractivity contribution in [2.45, 2.75) is 13.1 Å². The molecule has 0 saturated carbocycles. The van der Waals surface area contributed by atoms with Crippen LogP contribution in [0.25, 0.3) is 10.9 Å². The Morgan fingerprint density at radius 3 is 2.88 bits per heavy atom. The molecule has 2 aromatic heterocycles. The number of nitrogen functional groups attached to an aromatic ring is 1. The largest absolute Gasteiger partial charge is 0.399 e. The molecule has 0 atom stereocenters. The van der Waals surface area contributed by atoms with Crippen LogP contribution in [0.2, 0.25) is 0 Å². The minimum absolute atomic E-state index is 0.802. The van der Waals surface area contributed by atoms with Crippen molar-refractivity contribution < 1.29 is 0 Å². The summed E-state index contributed by atoms with van der Waals surface area (Å²) in [6, 6.07) is 10.0. The van der Waals surface area contributed by atoms with Gasteiger partial charge in [0.15, 0.2) is 0 Å². The minimum atomic E-state index is 0.802. The zero-order valence-electron chi connectivity index (χ0n) is 9.45. The Kier molecular flexibility index (Phi) is 2.33. The van der Waals surface area contributed by atoms with Crippen molar-refractivity contribution in [3.05, 3.63) is 48.9 Å². The maximum Gasteiger partial charge on any atom is 0.0588 e. The Hall–Kier alpha value is -2.23. The van der Waals surface area contributed by atoms with E-state index in [4.69, 9.17) is 5.73 Å². The Bertz CT molecular complexity index is 622. The molecular weight excluding hydrogens is 212 g/mol. The number of hydrogen-bond donors (Lipinski definition) is 1. The molecule has 0 aliphatic carbocycles. The van der Waals surface area contributed by atoms with Crippen LogP contribution in [0, 0.1) is 0 Å². The van der Waals surface area contributed by atoms with E-state index in [1.165, 1.54) is 10.9 Å². The van der Waals surface area contributed by atoms with Crippen LogP contribution in [-0.4, -0.2) is 14.3 Å². The minimum Gasteiger partial charge on any atom is -0.399 e. The number of aromatic nitrogens is 3. The third-order valence-corrected chi connectivity index (χ3v) is 2.93.